The molecule has 0 spiro atoms. The van der Waals surface area contributed by atoms with E-state index < -0.39 is 17.6 Å². The number of amides is 2. The van der Waals surface area contributed by atoms with E-state index in [-0.39, 0.29) is 28.0 Å². The van der Waals surface area contributed by atoms with Crippen molar-refractivity contribution in [1.82, 2.24) is 5.32 Å². The number of rotatable bonds is 5. The Kier molecular flexibility index (Phi) is 7.78. The van der Waals surface area contributed by atoms with Crippen molar-refractivity contribution in [2.24, 2.45) is 0 Å². The van der Waals surface area contributed by atoms with E-state index in [1.807, 2.05) is 0 Å². The summed E-state index contributed by atoms with van der Waals surface area (Å²) in [6, 6.07) is 13.8. The van der Waals surface area contributed by atoms with Crippen LogP contribution in [0.1, 0.15) is 11.1 Å². The number of thiocarbonyl (C=S) groups is 1. The number of anilines is 1. The van der Waals surface area contributed by atoms with E-state index in [4.69, 9.17) is 51.8 Å². The highest BCUT2D eigenvalue weighted by molar-refractivity contribution is 9.10. The van der Waals surface area contributed by atoms with Gasteiger partial charge in [0.15, 0.2) is 10.9 Å². The molecular weight excluding hydrogens is 602 g/mol. The minimum absolute atomic E-state index is 0.0720. The Bertz CT molecular complexity index is 1390. The fraction of sp³-hybridized carbons (Fsp3) is 0.0417. The zero-order chi connectivity index (χ0) is 25.3. The summed E-state index contributed by atoms with van der Waals surface area (Å²) < 4.78 is 20.6. The van der Waals surface area contributed by atoms with Gasteiger partial charge in [0.1, 0.15) is 18.0 Å². The monoisotopic (exact) mass is 612 g/mol. The molecule has 5 nitrogen and oxygen atoms in total. The van der Waals surface area contributed by atoms with Gasteiger partial charge in [0.05, 0.1) is 15.2 Å². The van der Waals surface area contributed by atoms with E-state index in [2.05, 4.69) is 21.2 Å². The van der Waals surface area contributed by atoms with E-state index in [0.717, 1.165) is 4.90 Å². The van der Waals surface area contributed by atoms with Crippen molar-refractivity contribution < 1.29 is 18.7 Å². The predicted molar refractivity (Wildman–Crippen MR) is 143 cm³/mol. The summed E-state index contributed by atoms with van der Waals surface area (Å²) in [7, 11) is 0. The lowest BCUT2D eigenvalue weighted by Gasteiger charge is -2.29. The number of carbonyl (C=O) groups is 2. The summed E-state index contributed by atoms with van der Waals surface area (Å²) in [5, 5.41) is 3.38. The van der Waals surface area contributed by atoms with Crippen LogP contribution in [-0.4, -0.2) is 16.9 Å². The highest BCUT2D eigenvalue weighted by atomic mass is 79.9. The van der Waals surface area contributed by atoms with Crippen molar-refractivity contribution in [2.75, 3.05) is 4.90 Å². The fourth-order valence-electron chi connectivity index (χ4n) is 3.27. The standard InChI is InChI=1S/C24H13BrCl3FN2O3S/c25-16-8-12(9-18(28)21(16)34-11-13-5-6-14(26)10-17(13)27)7-15-22(32)30-24(35)31(23(15)33)20-4-2-1-3-19(20)29/h1-10H,11H2,(H,30,32,35)/b15-7+. The first-order valence-corrected chi connectivity index (χ1v) is 12.2. The normalized spacial score (nSPS) is 14.9. The zero-order valence-corrected chi connectivity index (χ0v) is 22.1. The molecule has 3 aromatic rings. The van der Waals surface area contributed by atoms with Crippen LogP contribution in [0.5, 0.6) is 5.75 Å². The second-order valence-corrected chi connectivity index (χ2v) is 9.74. The molecule has 0 aromatic heterocycles. The molecule has 2 amide bonds. The molecule has 0 aliphatic carbocycles. The molecule has 35 heavy (non-hydrogen) atoms. The molecule has 178 valence electrons. The SMILES string of the molecule is O=C1NC(=S)N(c2ccccc2F)C(=O)/C1=C/c1cc(Cl)c(OCc2ccc(Cl)cc2Cl)c(Br)c1. The largest absolute Gasteiger partial charge is 0.486 e. The van der Waals surface area contributed by atoms with Crippen LogP contribution in [0.15, 0.2) is 64.6 Å². The summed E-state index contributed by atoms with van der Waals surface area (Å²) in [6.07, 6.45) is 1.34. The van der Waals surface area contributed by atoms with Crippen LogP contribution in [0.4, 0.5) is 10.1 Å². The maximum Gasteiger partial charge on any atom is 0.270 e. The number of ether oxygens (including phenoxy) is 1. The molecule has 0 radical (unpaired) electrons. The van der Waals surface area contributed by atoms with Gasteiger partial charge in [-0.05, 0) is 76.2 Å². The van der Waals surface area contributed by atoms with Gasteiger partial charge in [-0.25, -0.2) is 9.29 Å². The minimum Gasteiger partial charge on any atom is -0.486 e. The van der Waals surface area contributed by atoms with Gasteiger partial charge in [0, 0.05) is 15.6 Å². The van der Waals surface area contributed by atoms with Crippen molar-refractivity contribution in [2.45, 2.75) is 6.61 Å². The van der Waals surface area contributed by atoms with Gasteiger partial charge in [-0.2, -0.15) is 0 Å². The summed E-state index contributed by atoms with van der Waals surface area (Å²) in [6.45, 7) is 0.130. The summed E-state index contributed by atoms with van der Waals surface area (Å²) in [5.74, 6) is -1.80. The number of carbonyl (C=O) groups excluding carboxylic acids is 2. The van der Waals surface area contributed by atoms with Crippen molar-refractivity contribution in [3.8, 4) is 5.75 Å². The topological polar surface area (TPSA) is 58.6 Å². The fourth-order valence-corrected chi connectivity index (χ4v) is 4.99. The van der Waals surface area contributed by atoms with Gasteiger partial charge in [0.25, 0.3) is 11.8 Å². The second-order valence-electron chi connectivity index (χ2n) is 7.25. The van der Waals surface area contributed by atoms with Gasteiger partial charge in [-0.15, -0.1) is 0 Å². The molecule has 1 N–H and O–H groups in total. The van der Waals surface area contributed by atoms with Crippen molar-refractivity contribution in [3.05, 3.63) is 96.7 Å². The first-order chi connectivity index (χ1) is 16.7. The number of nitrogens with one attached hydrogen (secondary N) is 1. The van der Waals surface area contributed by atoms with E-state index in [1.54, 1.807) is 30.3 Å². The molecule has 1 fully saturated rings. The smallest absolute Gasteiger partial charge is 0.270 e. The van der Waals surface area contributed by atoms with Crippen LogP contribution >= 0.6 is 63.0 Å². The molecule has 4 rings (SSSR count). The molecule has 0 unspecified atom stereocenters. The minimum atomic E-state index is -0.770. The van der Waals surface area contributed by atoms with E-state index in [1.165, 1.54) is 30.3 Å². The lowest BCUT2D eigenvalue weighted by molar-refractivity contribution is -0.122. The van der Waals surface area contributed by atoms with Crippen molar-refractivity contribution >= 4 is 91.6 Å². The average Bonchev–Trinajstić information content (AvgIpc) is 2.78. The molecule has 11 heteroatoms. The number of hydrogen-bond acceptors (Lipinski definition) is 4. The Labute approximate surface area is 228 Å². The molecule has 0 atom stereocenters. The van der Waals surface area contributed by atoms with Crippen LogP contribution in [0.25, 0.3) is 6.08 Å². The highest BCUT2D eigenvalue weighted by Gasteiger charge is 2.35. The maximum atomic E-state index is 14.3. The van der Waals surface area contributed by atoms with E-state index >= 15 is 0 Å². The molecule has 1 aliphatic heterocycles. The third-order valence-corrected chi connectivity index (χ3v) is 6.66. The molecule has 1 saturated heterocycles. The van der Waals surface area contributed by atoms with Crippen LogP contribution < -0.4 is 15.0 Å². The molecule has 3 aromatic carbocycles. The van der Waals surface area contributed by atoms with Gasteiger partial charge in [-0.1, -0.05) is 53.0 Å². The molecule has 1 heterocycles. The Morgan fingerprint density at radius 3 is 2.49 bits per heavy atom. The van der Waals surface area contributed by atoms with Gasteiger partial charge >= 0.3 is 0 Å². The first-order valence-electron chi connectivity index (χ1n) is 9.87. The molecule has 0 bridgehead atoms. The first kappa shape index (κ1) is 25.6. The Morgan fingerprint density at radius 2 is 1.80 bits per heavy atom. The van der Waals surface area contributed by atoms with E-state index in [0.29, 0.717) is 31.4 Å². The molecular formula is C24H13BrCl3FN2O3S. The van der Waals surface area contributed by atoms with Crippen LogP contribution in [0.3, 0.4) is 0 Å². The predicted octanol–water partition coefficient (Wildman–Crippen LogP) is 6.96. The number of hydrogen-bond donors (Lipinski definition) is 1. The zero-order valence-electron chi connectivity index (χ0n) is 17.5. The maximum absolute atomic E-state index is 14.3. The Hall–Kier alpha value is -2.49. The molecule has 1 aliphatic rings. The number of benzene rings is 3. The molecule has 0 saturated carbocycles. The Morgan fingerprint density at radius 1 is 1.06 bits per heavy atom. The van der Waals surface area contributed by atoms with Crippen molar-refractivity contribution in [3.63, 3.8) is 0 Å². The van der Waals surface area contributed by atoms with Gasteiger partial charge in [0.2, 0.25) is 0 Å². The lowest BCUT2D eigenvalue weighted by atomic mass is 10.1. The average molecular weight is 615 g/mol. The van der Waals surface area contributed by atoms with Gasteiger partial charge in [-0.3, -0.25) is 14.9 Å². The van der Waals surface area contributed by atoms with Gasteiger partial charge < -0.3 is 4.74 Å². The third kappa shape index (κ3) is 5.52. The Balaban J connectivity index is 1.62. The number of halogens is 5. The summed E-state index contributed by atoms with van der Waals surface area (Å²) in [5.41, 5.74) is 0.820. The summed E-state index contributed by atoms with van der Waals surface area (Å²) in [4.78, 5) is 26.6. The van der Waals surface area contributed by atoms with Crippen molar-refractivity contribution in [1.29, 1.82) is 0 Å². The quantitative estimate of drug-likeness (QED) is 0.192. The second kappa shape index (κ2) is 10.6. The third-order valence-electron chi connectivity index (χ3n) is 4.91. The van der Waals surface area contributed by atoms with E-state index in [9.17, 15) is 14.0 Å². The highest BCUT2D eigenvalue weighted by Crippen LogP contribution is 2.36. The number of nitrogens with zero attached hydrogens (tertiary/aromatic N) is 1. The lowest BCUT2D eigenvalue weighted by Crippen LogP contribution is -2.54. The van der Waals surface area contributed by atoms with Crippen LogP contribution in [0, 0.1) is 5.82 Å². The number of para-hydroxylation sites is 1. The summed E-state index contributed by atoms with van der Waals surface area (Å²) >= 11 is 27.0. The van der Waals surface area contributed by atoms with Crippen LogP contribution in [-0.2, 0) is 16.2 Å². The van der Waals surface area contributed by atoms with Crippen LogP contribution in [0.2, 0.25) is 15.1 Å².